The molecule has 0 aliphatic heterocycles. The van der Waals surface area contributed by atoms with Crippen molar-refractivity contribution in [3.63, 3.8) is 0 Å². The summed E-state index contributed by atoms with van der Waals surface area (Å²) in [6.07, 6.45) is 2.95. The molecule has 0 unspecified atom stereocenters. The largest absolute Gasteiger partial charge is 0.260 e. The minimum Gasteiger partial charge on any atom is -0.260 e. The van der Waals surface area contributed by atoms with E-state index in [0.717, 1.165) is 6.42 Å². The third-order valence-corrected chi connectivity index (χ3v) is 3.02. The Morgan fingerprint density at radius 2 is 1.80 bits per heavy atom. The number of rotatable bonds is 0. The fraction of sp³-hybridized carbons (Fsp3) is 0.214. The molecule has 0 fully saturated rings. The predicted octanol–water partition coefficient (Wildman–Crippen LogP) is 3.27. The number of benzene rings is 1. The number of pyridine rings is 1. The van der Waals surface area contributed by atoms with Crippen molar-refractivity contribution in [2.45, 2.75) is 20.3 Å². The van der Waals surface area contributed by atoms with Crippen LogP contribution in [0.15, 0.2) is 30.5 Å². The Morgan fingerprint density at radius 3 is 2.67 bits per heavy atom. The smallest absolute Gasteiger partial charge is 0.0526 e. The summed E-state index contributed by atoms with van der Waals surface area (Å²) in [5.74, 6) is 0. The molecule has 1 nitrogen and oxygen atoms in total. The zero-order valence-electron chi connectivity index (χ0n) is 9.04. The van der Waals surface area contributed by atoms with Gasteiger partial charge in [0.1, 0.15) is 0 Å². The molecule has 0 saturated heterocycles. The standard InChI is InChI=1S/C14H13N/c1-9-3-4-11-7-14-13(12(11)5-9)6-10(2)8-15-14/h3-6,8H,7H2,1-2H3. The lowest BCUT2D eigenvalue weighted by Gasteiger charge is -2.02. The molecular weight excluding hydrogens is 182 g/mol. The molecule has 0 radical (unpaired) electrons. The van der Waals surface area contributed by atoms with E-state index in [4.69, 9.17) is 0 Å². The van der Waals surface area contributed by atoms with Gasteiger partial charge in [0, 0.05) is 18.2 Å². The summed E-state index contributed by atoms with van der Waals surface area (Å²) in [4.78, 5) is 4.50. The molecule has 1 heterocycles. The number of fused-ring (bicyclic) bond motifs is 3. The third kappa shape index (κ3) is 1.27. The maximum atomic E-state index is 4.50. The quantitative estimate of drug-likeness (QED) is 0.536. The van der Waals surface area contributed by atoms with Gasteiger partial charge in [-0.15, -0.1) is 0 Å². The summed E-state index contributed by atoms with van der Waals surface area (Å²) in [6, 6.07) is 8.91. The highest BCUT2D eigenvalue weighted by atomic mass is 14.7. The maximum Gasteiger partial charge on any atom is 0.0526 e. The second-order valence-electron chi connectivity index (χ2n) is 4.34. The molecule has 2 aromatic rings. The van der Waals surface area contributed by atoms with Crippen LogP contribution in [0.4, 0.5) is 0 Å². The summed E-state index contributed by atoms with van der Waals surface area (Å²) in [5, 5.41) is 0. The lowest BCUT2D eigenvalue weighted by molar-refractivity contribution is 1.11. The number of aryl methyl sites for hydroxylation is 2. The van der Waals surface area contributed by atoms with Crippen molar-refractivity contribution in [1.29, 1.82) is 0 Å². The third-order valence-electron chi connectivity index (χ3n) is 3.02. The SMILES string of the molecule is Cc1ccc2c(c1)-c1cc(C)cnc1C2. The van der Waals surface area contributed by atoms with Crippen LogP contribution in [0.1, 0.15) is 22.4 Å². The highest BCUT2D eigenvalue weighted by Gasteiger charge is 2.19. The minimum absolute atomic E-state index is 0.991. The summed E-state index contributed by atoms with van der Waals surface area (Å²) < 4.78 is 0. The fourth-order valence-electron chi connectivity index (χ4n) is 2.25. The van der Waals surface area contributed by atoms with E-state index in [1.54, 1.807) is 0 Å². The van der Waals surface area contributed by atoms with Crippen LogP contribution in [0.25, 0.3) is 11.1 Å². The Balaban J connectivity index is 2.28. The van der Waals surface area contributed by atoms with Gasteiger partial charge in [0.15, 0.2) is 0 Å². The van der Waals surface area contributed by atoms with Crippen molar-refractivity contribution in [1.82, 2.24) is 4.98 Å². The first-order chi connectivity index (χ1) is 7.24. The maximum absolute atomic E-state index is 4.50. The zero-order valence-corrected chi connectivity index (χ0v) is 9.04. The van der Waals surface area contributed by atoms with Crippen LogP contribution < -0.4 is 0 Å². The highest BCUT2D eigenvalue weighted by molar-refractivity contribution is 5.76. The number of aromatic nitrogens is 1. The van der Waals surface area contributed by atoms with Crippen LogP contribution in [0.2, 0.25) is 0 Å². The number of nitrogens with zero attached hydrogens (tertiary/aromatic N) is 1. The van der Waals surface area contributed by atoms with Crippen molar-refractivity contribution in [2.24, 2.45) is 0 Å². The molecule has 15 heavy (non-hydrogen) atoms. The van der Waals surface area contributed by atoms with Crippen molar-refractivity contribution in [3.05, 3.63) is 52.8 Å². The minimum atomic E-state index is 0.991. The molecule has 0 amide bonds. The van der Waals surface area contributed by atoms with E-state index in [9.17, 15) is 0 Å². The van der Waals surface area contributed by atoms with E-state index < -0.39 is 0 Å². The second kappa shape index (κ2) is 2.93. The summed E-state index contributed by atoms with van der Waals surface area (Å²) in [5.41, 5.74) is 7.90. The van der Waals surface area contributed by atoms with E-state index in [0.29, 0.717) is 0 Å². The van der Waals surface area contributed by atoms with Gasteiger partial charge in [-0.2, -0.15) is 0 Å². The lowest BCUT2D eigenvalue weighted by Crippen LogP contribution is -1.86. The van der Waals surface area contributed by atoms with Gasteiger partial charge in [0.05, 0.1) is 5.69 Å². The first kappa shape index (κ1) is 8.66. The highest BCUT2D eigenvalue weighted by Crippen LogP contribution is 2.36. The van der Waals surface area contributed by atoms with E-state index in [1.165, 1.54) is 33.5 Å². The summed E-state index contributed by atoms with van der Waals surface area (Å²) in [6.45, 7) is 4.24. The van der Waals surface area contributed by atoms with Crippen LogP contribution in [0.3, 0.4) is 0 Å². The van der Waals surface area contributed by atoms with Gasteiger partial charge in [-0.05, 0) is 36.6 Å². The Bertz CT molecular complexity index is 492. The molecule has 0 spiro atoms. The zero-order chi connectivity index (χ0) is 10.4. The van der Waals surface area contributed by atoms with Gasteiger partial charge in [-0.1, -0.05) is 23.8 Å². The number of hydrogen-bond acceptors (Lipinski definition) is 1. The molecule has 0 N–H and O–H groups in total. The van der Waals surface area contributed by atoms with Crippen molar-refractivity contribution >= 4 is 0 Å². The predicted molar refractivity (Wildman–Crippen MR) is 62.0 cm³/mol. The molecule has 0 bridgehead atoms. The van der Waals surface area contributed by atoms with Crippen LogP contribution in [-0.4, -0.2) is 4.98 Å². The first-order valence-corrected chi connectivity index (χ1v) is 5.29. The van der Waals surface area contributed by atoms with Crippen LogP contribution in [0, 0.1) is 13.8 Å². The summed E-state index contributed by atoms with van der Waals surface area (Å²) in [7, 11) is 0. The van der Waals surface area contributed by atoms with Gasteiger partial charge in [-0.25, -0.2) is 0 Å². The molecule has 74 valence electrons. The van der Waals surface area contributed by atoms with E-state index >= 15 is 0 Å². The molecular formula is C14H13N. The van der Waals surface area contributed by atoms with E-state index in [2.05, 4.69) is 43.1 Å². The first-order valence-electron chi connectivity index (χ1n) is 5.29. The molecule has 1 aliphatic carbocycles. The Kier molecular flexibility index (Phi) is 1.69. The molecule has 0 atom stereocenters. The number of hydrogen-bond donors (Lipinski definition) is 0. The Labute approximate surface area is 89.8 Å². The molecule has 0 saturated carbocycles. The monoisotopic (exact) mass is 195 g/mol. The topological polar surface area (TPSA) is 12.9 Å². The van der Waals surface area contributed by atoms with E-state index in [-0.39, 0.29) is 0 Å². The lowest BCUT2D eigenvalue weighted by atomic mass is 10.0. The normalized spacial score (nSPS) is 12.4. The van der Waals surface area contributed by atoms with Gasteiger partial charge in [0.25, 0.3) is 0 Å². The second-order valence-corrected chi connectivity index (χ2v) is 4.34. The molecule has 1 aliphatic rings. The molecule has 1 heteroatoms. The average molecular weight is 195 g/mol. The van der Waals surface area contributed by atoms with Crippen molar-refractivity contribution in [2.75, 3.05) is 0 Å². The Morgan fingerprint density at radius 1 is 1.00 bits per heavy atom. The molecule has 1 aromatic carbocycles. The van der Waals surface area contributed by atoms with Crippen LogP contribution in [0.5, 0.6) is 0 Å². The van der Waals surface area contributed by atoms with Crippen molar-refractivity contribution < 1.29 is 0 Å². The summed E-state index contributed by atoms with van der Waals surface area (Å²) >= 11 is 0. The van der Waals surface area contributed by atoms with Crippen LogP contribution >= 0.6 is 0 Å². The van der Waals surface area contributed by atoms with Gasteiger partial charge >= 0.3 is 0 Å². The van der Waals surface area contributed by atoms with Crippen LogP contribution in [-0.2, 0) is 6.42 Å². The fourth-order valence-corrected chi connectivity index (χ4v) is 2.25. The van der Waals surface area contributed by atoms with Gasteiger partial charge < -0.3 is 0 Å². The van der Waals surface area contributed by atoms with Gasteiger partial charge in [-0.3, -0.25) is 4.98 Å². The molecule has 3 rings (SSSR count). The Hall–Kier alpha value is -1.63. The van der Waals surface area contributed by atoms with Crippen molar-refractivity contribution in [3.8, 4) is 11.1 Å². The average Bonchev–Trinajstić information content (AvgIpc) is 2.56. The molecule has 1 aromatic heterocycles. The van der Waals surface area contributed by atoms with Gasteiger partial charge in [0.2, 0.25) is 0 Å². The van der Waals surface area contributed by atoms with E-state index in [1.807, 2.05) is 6.20 Å².